The first kappa shape index (κ1) is 41.5. The second-order valence-corrected chi connectivity index (χ2v) is 15.0. The van der Waals surface area contributed by atoms with Gasteiger partial charge in [0.25, 0.3) is 0 Å². The van der Waals surface area contributed by atoms with Gasteiger partial charge in [0, 0.05) is 23.7 Å². The molecule has 0 radical (unpaired) electrons. The number of ether oxygens (including phenoxy) is 12. The zero-order chi connectivity index (χ0) is 43.1. The second kappa shape index (κ2) is 17.0. The van der Waals surface area contributed by atoms with Crippen LogP contribution in [0.15, 0.2) is 48.5 Å². The summed E-state index contributed by atoms with van der Waals surface area (Å²) in [6.45, 7) is 4.93. The highest BCUT2D eigenvalue weighted by Crippen LogP contribution is 2.56. The molecule has 0 saturated carbocycles. The van der Waals surface area contributed by atoms with Crippen LogP contribution in [0.2, 0.25) is 0 Å². The molecule has 6 aliphatic rings. The molecule has 0 amide bonds. The molecule has 2 aliphatic carbocycles. The van der Waals surface area contributed by atoms with E-state index in [4.69, 9.17) is 56.8 Å². The summed E-state index contributed by atoms with van der Waals surface area (Å²) in [4.78, 5) is 25.4. The standard InChI is InChI=1S/C22H22O8.C22H22O7.C2H6/c1-25-16-4-10(5-17(26-2)21(16)27-3)18-11-6-14-15(30-9-29-14)7-12(11)20(23)13-8-28-22(24)19(13)18;1-24-17-6-12(7-18(25-2)21(17)26-3)19-14-8-16-15(28-10-29-16)5-11(14)4-13-9-27-22(23)20(13)19;1-2/h4-7,13,18-20,23H,8-9H2,1-3H3;5-8,13,19-20H,4,9-10H2,1-3H3;1-2H3/t13?,18-,19+,20?;13?,19-,20+;/m11./s1. The molecule has 4 aromatic carbocycles. The van der Waals surface area contributed by atoms with Crippen molar-refractivity contribution in [2.24, 2.45) is 23.7 Å². The van der Waals surface area contributed by atoms with Crippen molar-refractivity contribution in [1.82, 2.24) is 0 Å². The van der Waals surface area contributed by atoms with Crippen LogP contribution in [0.25, 0.3) is 0 Å². The van der Waals surface area contributed by atoms with Crippen molar-refractivity contribution in [3.8, 4) is 57.5 Å². The Morgan fingerprint density at radius 2 is 0.934 bits per heavy atom. The molecule has 61 heavy (non-hydrogen) atoms. The fourth-order valence-corrected chi connectivity index (χ4v) is 9.60. The summed E-state index contributed by atoms with van der Waals surface area (Å²) in [6.07, 6.45) is -0.0761. The number of esters is 2. The zero-order valence-corrected chi connectivity index (χ0v) is 35.4. The van der Waals surface area contributed by atoms with Gasteiger partial charge in [0.05, 0.1) is 73.8 Å². The molecular formula is C46H50O15. The van der Waals surface area contributed by atoms with Gasteiger partial charge in [-0.15, -0.1) is 0 Å². The van der Waals surface area contributed by atoms with Crippen molar-refractivity contribution in [3.05, 3.63) is 81.9 Å². The number of benzene rings is 4. The zero-order valence-electron chi connectivity index (χ0n) is 35.4. The van der Waals surface area contributed by atoms with Crippen LogP contribution in [0.1, 0.15) is 65.2 Å². The Morgan fingerprint density at radius 1 is 0.508 bits per heavy atom. The summed E-state index contributed by atoms with van der Waals surface area (Å²) in [5.41, 5.74) is 5.40. The summed E-state index contributed by atoms with van der Waals surface area (Å²) >= 11 is 0. The number of fused-ring (bicyclic) bond motifs is 6. The smallest absolute Gasteiger partial charge is 0.310 e. The molecule has 7 atom stereocenters. The van der Waals surface area contributed by atoms with E-state index in [1.54, 1.807) is 41.6 Å². The number of aliphatic hydroxyl groups is 1. The average Bonchev–Trinajstić information content (AvgIpc) is 4.12. The molecule has 1 N–H and O–H groups in total. The van der Waals surface area contributed by atoms with Gasteiger partial charge in [-0.1, -0.05) is 13.8 Å². The average molecular weight is 843 g/mol. The van der Waals surface area contributed by atoms with Crippen molar-refractivity contribution < 1.29 is 71.5 Å². The topological polar surface area (TPSA) is 165 Å². The third-order valence-electron chi connectivity index (χ3n) is 12.3. The van der Waals surface area contributed by atoms with E-state index in [2.05, 4.69) is 0 Å². The lowest BCUT2D eigenvalue weighted by Gasteiger charge is -2.37. The van der Waals surface area contributed by atoms with Crippen molar-refractivity contribution in [2.75, 3.05) is 69.5 Å². The first-order valence-corrected chi connectivity index (χ1v) is 20.2. The number of rotatable bonds is 8. The highest BCUT2D eigenvalue weighted by molar-refractivity contribution is 5.80. The minimum Gasteiger partial charge on any atom is -0.493 e. The number of aliphatic hydroxyl groups excluding tert-OH is 1. The van der Waals surface area contributed by atoms with Crippen LogP contribution in [0, 0.1) is 23.7 Å². The number of methoxy groups -OCH3 is 6. The maximum Gasteiger partial charge on any atom is 0.310 e. The lowest BCUT2D eigenvalue weighted by molar-refractivity contribution is -0.142. The predicted molar refractivity (Wildman–Crippen MR) is 217 cm³/mol. The van der Waals surface area contributed by atoms with Gasteiger partial charge in [-0.3, -0.25) is 9.59 Å². The molecule has 4 aliphatic heterocycles. The maximum atomic E-state index is 12.7. The highest BCUT2D eigenvalue weighted by atomic mass is 16.7. The number of carbonyl (C=O) groups excluding carboxylic acids is 2. The summed E-state index contributed by atoms with van der Waals surface area (Å²) < 4.78 is 66.1. The summed E-state index contributed by atoms with van der Waals surface area (Å²) in [7, 11) is 9.37. The third-order valence-corrected chi connectivity index (χ3v) is 12.3. The van der Waals surface area contributed by atoms with Gasteiger partial charge >= 0.3 is 11.9 Å². The molecule has 2 fully saturated rings. The van der Waals surface area contributed by atoms with Crippen molar-refractivity contribution in [2.45, 2.75) is 38.2 Å². The van der Waals surface area contributed by atoms with Gasteiger partial charge in [-0.2, -0.15) is 0 Å². The Kier molecular flexibility index (Phi) is 11.6. The van der Waals surface area contributed by atoms with E-state index in [9.17, 15) is 14.7 Å². The van der Waals surface area contributed by atoms with Crippen LogP contribution in [0.4, 0.5) is 0 Å². The van der Waals surface area contributed by atoms with E-state index in [1.807, 2.05) is 56.3 Å². The first-order valence-electron chi connectivity index (χ1n) is 20.2. The third kappa shape index (κ3) is 6.98. The van der Waals surface area contributed by atoms with E-state index in [1.165, 1.54) is 7.11 Å². The molecule has 3 unspecified atom stereocenters. The van der Waals surface area contributed by atoms with E-state index in [-0.39, 0.29) is 61.7 Å². The minimum absolute atomic E-state index is 0.111. The molecule has 0 spiro atoms. The van der Waals surface area contributed by atoms with Gasteiger partial charge in [-0.25, -0.2) is 0 Å². The van der Waals surface area contributed by atoms with Crippen molar-refractivity contribution >= 4 is 11.9 Å². The molecule has 15 heteroatoms. The molecule has 4 heterocycles. The molecule has 4 aromatic rings. The first-order chi connectivity index (χ1) is 29.7. The highest BCUT2D eigenvalue weighted by Gasteiger charge is 2.53. The van der Waals surface area contributed by atoms with Crippen LogP contribution >= 0.6 is 0 Å². The summed E-state index contributed by atoms with van der Waals surface area (Å²) in [5, 5.41) is 11.0. The molecule has 10 rings (SSSR count). The SMILES string of the molecule is CC.COc1cc([C@@H]2c3cc4c(cc3C(O)C3COC(=O)[C@@H]32)OCO4)cc(OC)c1OC.COc1cc([C@@H]2c3cc4c(cc3CC3COC(=O)[C@@H]32)OCO4)cc(OC)c1OC. The van der Waals surface area contributed by atoms with Crippen LogP contribution in [-0.2, 0) is 25.5 Å². The molecular weight excluding hydrogens is 792 g/mol. The molecule has 324 valence electrons. The van der Waals surface area contributed by atoms with Crippen LogP contribution < -0.4 is 47.4 Å². The Labute approximate surface area is 353 Å². The Hall–Kier alpha value is -6.22. The Balaban J connectivity index is 0.000000162. The fourth-order valence-electron chi connectivity index (χ4n) is 9.60. The van der Waals surface area contributed by atoms with Crippen molar-refractivity contribution in [1.29, 1.82) is 0 Å². The lowest BCUT2D eigenvalue weighted by Crippen LogP contribution is -2.34. The second-order valence-electron chi connectivity index (χ2n) is 15.0. The normalized spacial score (nSPS) is 24.2. The van der Waals surface area contributed by atoms with Gasteiger partial charge in [0.2, 0.25) is 25.1 Å². The van der Waals surface area contributed by atoms with Crippen molar-refractivity contribution in [3.63, 3.8) is 0 Å². The monoisotopic (exact) mass is 842 g/mol. The van der Waals surface area contributed by atoms with Gasteiger partial charge in [0.1, 0.15) is 0 Å². The van der Waals surface area contributed by atoms with Crippen LogP contribution in [0.3, 0.4) is 0 Å². The summed E-state index contributed by atoms with van der Waals surface area (Å²) in [5.74, 6) is 3.52. The number of cyclic esters (lactones) is 2. The van der Waals surface area contributed by atoms with E-state index < -0.39 is 12.0 Å². The Bertz CT molecular complexity index is 2270. The molecule has 15 nitrogen and oxygen atoms in total. The quantitative estimate of drug-likeness (QED) is 0.195. The van der Waals surface area contributed by atoms with Gasteiger partial charge in [-0.05, 0) is 88.3 Å². The molecule has 2 saturated heterocycles. The van der Waals surface area contributed by atoms with E-state index in [0.29, 0.717) is 63.9 Å². The van der Waals surface area contributed by atoms with E-state index in [0.717, 1.165) is 40.0 Å². The van der Waals surface area contributed by atoms with Crippen LogP contribution in [-0.4, -0.2) is 86.5 Å². The lowest BCUT2D eigenvalue weighted by atomic mass is 9.66. The summed E-state index contributed by atoms with van der Waals surface area (Å²) in [6, 6.07) is 15.2. The van der Waals surface area contributed by atoms with E-state index >= 15 is 0 Å². The predicted octanol–water partition coefficient (Wildman–Crippen LogP) is 6.35. The van der Waals surface area contributed by atoms with Crippen LogP contribution in [0.5, 0.6) is 57.5 Å². The molecule has 0 aromatic heterocycles. The number of hydrogen-bond acceptors (Lipinski definition) is 15. The maximum absolute atomic E-state index is 12.7. The molecule has 0 bridgehead atoms. The number of carbonyl (C=O) groups is 2. The minimum atomic E-state index is -0.843. The van der Waals surface area contributed by atoms with Gasteiger partial charge in [0.15, 0.2) is 46.0 Å². The number of hydrogen-bond donors (Lipinski definition) is 1. The largest absolute Gasteiger partial charge is 0.493 e. The van der Waals surface area contributed by atoms with Gasteiger partial charge < -0.3 is 61.9 Å². The fraction of sp³-hybridized carbons (Fsp3) is 0.435. The Morgan fingerprint density at radius 3 is 1.43 bits per heavy atom.